The quantitative estimate of drug-likeness (QED) is 0.607. The molecule has 0 radical (unpaired) electrons. The molecule has 2 aromatic rings. The Morgan fingerprint density at radius 3 is 2.54 bits per heavy atom. The summed E-state index contributed by atoms with van der Waals surface area (Å²) >= 11 is 0. The number of nitrogens with two attached hydrogens (primary N) is 1. The van der Waals surface area contributed by atoms with Crippen molar-refractivity contribution in [1.82, 2.24) is 15.0 Å². The molecule has 0 atom stereocenters. The summed E-state index contributed by atoms with van der Waals surface area (Å²) in [5.74, 6) is -0.209. The lowest BCUT2D eigenvalue weighted by atomic mass is 10.1. The van der Waals surface area contributed by atoms with Crippen molar-refractivity contribution in [1.29, 1.82) is 0 Å². The van der Waals surface area contributed by atoms with Crippen molar-refractivity contribution < 1.29 is 13.2 Å². The number of hydrogen-bond acceptors (Lipinski definition) is 5. The Kier molecular flexibility index (Phi) is 6.28. The third-order valence-corrected chi connectivity index (χ3v) is 4.75. The maximum absolute atomic E-state index is 11.9. The molecule has 128 valence electrons. The number of carbonyl (C=O) groups excluding carboxylic acids is 1. The fourth-order valence-electron chi connectivity index (χ4n) is 2.01. The number of anilines is 1. The second-order valence-corrected chi connectivity index (χ2v) is 6.94. The van der Waals surface area contributed by atoms with E-state index < -0.39 is 10.0 Å². The SMILES string of the molecule is Nc1ccc(CCNC(=O)CCNS(=O)(=O)c2cccnc2)cc1. The highest BCUT2D eigenvalue weighted by Gasteiger charge is 2.13. The molecule has 0 spiro atoms. The Morgan fingerprint density at radius 1 is 1.12 bits per heavy atom. The van der Waals surface area contributed by atoms with Gasteiger partial charge in [0.15, 0.2) is 0 Å². The van der Waals surface area contributed by atoms with Crippen LogP contribution in [0.25, 0.3) is 0 Å². The van der Waals surface area contributed by atoms with Crippen molar-refractivity contribution in [3.05, 3.63) is 54.4 Å². The summed E-state index contributed by atoms with van der Waals surface area (Å²) in [6.07, 6.45) is 3.51. The Balaban J connectivity index is 1.69. The molecule has 4 N–H and O–H groups in total. The number of hydrogen-bond donors (Lipinski definition) is 3. The van der Waals surface area contributed by atoms with Crippen molar-refractivity contribution in [2.24, 2.45) is 0 Å². The minimum Gasteiger partial charge on any atom is -0.399 e. The van der Waals surface area contributed by atoms with Crippen LogP contribution in [-0.4, -0.2) is 32.4 Å². The number of benzene rings is 1. The van der Waals surface area contributed by atoms with Gasteiger partial charge in [-0.05, 0) is 36.2 Å². The van der Waals surface area contributed by atoms with Gasteiger partial charge in [-0.2, -0.15) is 0 Å². The summed E-state index contributed by atoms with van der Waals surface area (Å²) in [6, 6.07) is 10.4. The molecule has 0 unspecified atom stereocenters. The zero-order valence-electron chi connectivity index (χ0n) is 13.1. The van der Waals surface area contributed by atoms with Gasteiger partial charge in [-0.25, -0.2) is 13.1 Å². The zero-order chi connectivity index (χ0) is 17.4. The summed E-state index contributed by atoms with van der Waals surface area (Å²) in [5.41, 5.74) is 7.37. The first-order valence-corrected chi connectivity index (χ1v) is 8.96. The first-order chi connectivity index (χ1) is 11.5. The molecule has 8 heteroatoms. The van der Waals surface area contributed by atoms with Crippen LogP contribution in [0.5, 0.6) is 0 Å². The Labute approximate surface area is 141 Å². The van der Waals surface area contributed by atoms with Gasteiger partial charge in [0.1, 0.15) is 4.90 Å². The van der Waals surface area contributed by atoms with Gasteiger partial charge in [0.25, 0.3) is 0 Å². The van der Waals surface area contributed by atoms with E-state index in [1.807, 2.05) is 24.3 Å². The van der Waals surface area contributed by atoms with Crippen molar-refractivity contribution in [2.45, 2.75) is 17.7 Å². The predicted octanol–water partition coefficient (Wildman–Crippen LogP) is 0.691. The number of pyridine rings is 1. The standard InChI is InChI=1S/C16H20N4O3S/c17-14-5-3-13(4-6-14)7-10-19-16(21)8-11-20-24(22,23)15-2-1-9-18-12-15/h1-6,9,12,20H,7-8,10-11,17H2,(H,19,21). The number of nitrogens with zero attached hydrogens (tertiary/aromatic N) is 1. The van der Waals surface area contributed by atoms with Gasteiger partial charge in [0, 0.05) is 37.6 Å². The summed E-state index contributed by atoms with van der Waals surface area (Å²) in [6.45, 7) is 0.517. The molecule has 1 aromatic carbocycles. The summed E-state index contributed by atoms with van der Waals surface area (Å²) in [5, 5.41) is 2.75. The van der Waals surface area contributed by atoms with E-state index in [4.69, 9.17) is 5.73 Å². The second-order valence-electron chi connectivity index (χ2n) is 5.18. The van der Waals surface area contributed by atoms with Crippen molar-refractivity contribution in [3.8, 4) is 0 Å². The number of carbonyl (C=O) groups is 1. The fourth-order valence-corrected chi connectivity index (χ4v) is 3.00. The molecule has 0 saturated heterocycles. The first kappa shape index (κ1) is 17.9. The molecule has 1 amide bonds. The van der Waals surface area contributed by atoms with Crippen LogP contribution < -0.4 is 15.8 Å². The van der Waals surface area contributed by atoms with E-state index in [9.17, 15) is 13.2 Å². The average molecular weight is 348 g/mol. The largest absolute Gasteiger partial charge is 0.399 e. The summed E-state index contributed by atoms with van der Waals surface area (Å²) in [4.78, 5) is 15.6. The van der Waals surface area contributed by atoms with Crippen LogP contribution in [0, 0.1) is 0 Å². The number of sulfonamides is 1. The summed E-state index contributed by atoms with van der Waals surface area (Å²) < 4.78 is 26.3. The Hall–Kier alpha value is -2.45. The number of nitrogen functional groups attached to an aromatic ring is 1. The van der Waals surface area contributed by atoms with E-state index in [1.54, 1.807) is 6.07 Å². The Morgan fingerprint density at radius 2 is 1.88 bits per heavy atom. The van der Waals surface area contributed by atoms with Gasteiger partial charge in [-0.15, -0.1) is 0 Å². The van der Waals surface area contributed by atoms with E-state index in [0.29, 0.717) is 18.7 Å². The highest BCUT2D eigenvalue weighted by molar-refractivity contribution is 7.89. The fraction of sp³-hybridized carbons (Fsp3) is 0.250. The normalized spacial score (nSPS) is 11.2. The van der Waals surface area contributed by atoms with Crippen molar-refractivity contribution >= 4 is 21.6 Å². The van der Waals surface area contributed by atoms with E-state index in [0.717, 1.165) is 5.56 Å². The van der Waals surface area contributed by atoms with Crippen LogP contribution >= 0.6 is 0 Å². The third kappa shape index (κ3) is 5.64. The van der Waals surface area contributed by atoms with Gasteiger partial charge >= 0.3 is 0 Å². The van der Waals surface area contributed by atoms with Crippen LogP contribution in [-0.2, 0) is 21.2 Å². The second kappa shape index (κ2) is 8.42. The molecule has 0 fully saturated rings. The lowest BCUT2D eigenvalue weighted by molar-refractivity contribution is -0.120. The minimum atomic E-state index is -3.63. The first-order valence-electron chi connectivity index (χ1n) is 7.48. The molecule has 0 aliphatic heterocycles. The zero-order valence-corrected chi connectivity index (χ0v) is 13.9. The van der Waals surface area contributed by atoms with Gasteiger partial charge < -0.3 is 11.1 Å². The van der Waals surface area contributed by atoms with Gasteiger partial charge in [-0.1, -0.05) is 12.1 Å². The van der Waals surface area contributed by atoms with Gasteiger partial charge in [-0.3, -0.25) is 9.78 Å². The van der Waals surface area contributed by atoms with Crippen LogP contribution in [0.3, 0.4) is 0 Å². The number of rotatable bonds is 8. The highest BCUT2D eigenvalue weighted by Crippen LogP contribution is 2.06. The molecule has 0 aliphatic carbocycles. The van der Waals surface area contributed by atoms with E-state index in [-0.39, 0.29) is 23.8 Å². The number of nitrogens with one attached hydrogen (secondary N) is 2. The molecule has 1 heterocycles. The molecule has 1 aromatic heterocycles. The number of aromatic nitrogens is 1. The molecular formula is C16H20N4O3S. The van der Waals surface area contributed by atoms with E-state index in [2.05, 4.69) is 15.0 Å². The molecule has 2 rings (SSSR count). The maximum Gasteiger partial charge on any atom is 0.242 e. The summed E-state index contributed by atoms with van der Waals surface area (Å²) in [7, 11) is -3.63. The maximum atomic E-state index is 11.9. The lowest BCUT2D eigenvalue weighted by Crippen LogP contribution is -2.31. The molecule has 0 saturated carbocycles. The lowest BCUT2D eigenvalue weighted by Gasteiger charge is -2.07. The average Bonchev–Trinajstić information content (AvgIpc) is 2.57. The van der Waals surface area contributed by atoms with E-state index in [1.165, 1.54) is 18.5 Å². The Bertz CT molecular complexity index is 762. The minimum absolute atomic E-state index is 0.0327. The topological polar surface area (TPSA) is 114 Å². The van der Waals surface area contributed by atoms with E-state index >= 15 is 0 Å². The van der Waals surface area contributed by atoms with Gasteiger partial charge in [0.05, 0.1) is 0 Å². The van der Waals surface area contributed by atoms with Crippen molar-refractivity contribution in [3.63, 3.8) is 0 Å². The molecule has 7 nitrogen and oxygen atoms in total. The molecule has 0 bridgehead atoms. The molecule has 24 heavy (non-hydrogen) atoms. The smallest absolute Gasteiger partial charge is 0.242 e. The number of amides is 1. The van der Waals surface area contributed by atoms with Gasteiger partial charge in [0.2, 0.25) is 15.9 Å². The highest BCUT2D eigenvalue weighted by atomic mass is 32.2. The molecule has 0 aliphatic rings. The van der Waals surface area contributed by atoms with Crippen LogP contribution in [0.15, 0.2) is 53.7 Å². The monoisotopic (exact) mass is 348 g/mol. The van der Waals surface area contributed by atoms with Crippen molar-refractivity contribution in [2.75, 3.05) is 18.8 Å². The predicted molar refractivity (Wildman–Crippen MR) is 91.6 cm³/mol. The van der Waals surface area contributed by atoms with Crippen LogP contribution in [0.4, 0.5) is 5.69 Å². The van der Waals surface area contributed by atoms with Crippen LogP contribution in [0.2, 0.25) is 0 Å². The van der Waals surface area contributed by atoms with Crippen LogP contribution in [0.1, 0.15) is 12.0 Å². The molecular weight excluding hydrogens is 328 g/mol. The third-order valence-electron chi connectivity index (χ3n) is 3.30.